The van der Waals surface area contributed by atoms with Crippen molar-refractivity contribution in [3.8, 4) is 0 Å². The predicted octanol–water partition coefficient (Wildman–Crippen LogP) is 1.93. The van der Waals surface area contributed by atoms with Crippen LogP contribution in [-0.2, 0) is 21.0 Å². The molecule has 124 valence electrons. The van der Waals surface area contributed by atoms with Gasteiger partial charge in [0.15, 0.2) is 6.04 Å². The standard InChI is InChI=1S/C18H18N2O4/c1-13(19)16(18(22)23-12-14-8-4-2-5-9-14)20-24-17(21)15-10-6-3-7-11-15/h2-11,16,20H,1,12,19H2/t16-/m0/s1. The van der Waals surface area contributed by atoms with Crippen LogP contribution in [0.1, 0.15) is 15.9 Å². The average Bonchev–Trinajstić information content (AvgIpc) is 2.61. The van der Waals surface area contributed by atoms with Crippen LogP contribution in [0.2, 0.25) is 0 Å². The van der Waals surface area contributed by atoms with Crippen LogP contribution < -0.4 is 11.2 Å². The molecule has 0 spiro atoms. The monoisotopic (exact) mass is 326 g/mol. The molecule has 0 bridgehead atoms. The number of hydroxylamine groups is 1. The SMILES string of the molecule is C=C(N)[C@H](NOC(=O)c1ccccc1)C(=O)OCc1ccccc1. The zero-order valence-corrected chi connectivity index (χ0v) is 13.0. The molecule has 2 aromatic carbocycles. The first-order chi connectivity index (χ1) is 11.6. The van der Waals surface area contributed by atoms with Gasteiger partial charge in [-0.2, -0.15) is 0 Å². The summed E-state index contributed by atoms with van der Waals surface area (Å²) in [6, 6.07) is 16.4. The smallest absolute Gasteiger partial charge is 0.356 e. The number of carbonyl (C=O) groups excluding carboxylic acids is 2. The van der Waals surface area contributed by atoms with Gasteiger partial charge in [-0.25, -0.2) is 9.59 Å². The minimum atomic E-state index is -1.15. The van der Waals surface area contributed by atoms with Crippen LogP contribution in [0.15, 0.2) is 72.9 Å². The molecule has 0 radical (unpaired) electrons. The summed E-state index contributed by atoms with van der Waals surface area (Å²) < 4.78 is 5.16. The number of rotatable bonds is 7. The molecule has 0 aliphatic carbocycles. The summed E-state index contributed by atoms with van der Waals surface area (Å²) in [5, 5.41) is 0. The van der Waals surface area contributed by atoms with Gasteiger partial charge in [-0.15, -0.1) is 5.48 Å². The topological polar surface area (TPSA) is 90.6 Å². The van der Waals surface area contributed by atoms with Crippen molar-refractivity contribution in [2.45, 2.75) is 12.6 Å². The first-order valence-corrected chi connectivity index (χ1v) is 7.24. The fourth-order valence-electron chi connectivity index (χ4n) is 1.83. The summed E-state index contributed by atoms with van der Waals surface area (Å²) in [5.74, 6) is -1.33. The van der Waals surface area contributed by atoms with Crippen LogP contribution in [0.25, 0.3) is 0 Å². The summed E-state index contributed by atoms with van der Waals surface area (Å²) in [4.78, 5) is 28.9. The molecule has 6 nitrogen and oxygen atoms in total. The van der Waals surface area contributed by atoms with Gasteiger partial charge in [0.2, 0.25) is 0 Å². The highest BCUT2D eigenvalue weighted by atomic mass is 16.7. The molecule has 0 amide bonds. The maximum Gasteiger partial charge on any atom is 0.356 e. The van der Waals surface area contributed by atoms with E-state index in [1.807, 2.05) is 30.3 Å². The Hall–Kier alpha value is -3.12. The zero-order chi connectivity index (χ0) is 17.4. The van der Waals surface area contributed by atoms with E-state index in [4.69, 9.17) is 15.3 Å². The van der Waals surface area contributed by atoms with E-state index < -0.39 is 18.0 Å². The third-order valence-corrected chi connectivity index (χ3v) is 3.11. The van der Waals surface area contributed by atoms with Gasteiger partial charge in [0.1, 0.15) is 6.61 Å². The van der Waals surface area contributed by atoms with Crippen molar-refractivity contribution in [3.63, 3.8) is 0 Å². The number of benzene rings is 2. The Balaban J connectivity index is 1.90. The third kappa shape index (κ3) is 4.96. The fraction of sp³-hybridized carbons (Fsp3) is 0.111. The number of ether oxygens (including phenoxy) is 1. The van der Waals surface area contributed by atoms with E-state index in [0.717, 1.165) is 5.56 Å². The second kappa shape index (κ2) is 8.50. The summed E-state index contributed by atoms with van der Waals surface area (Å²) in [6.07, 6.45) is 0. The molecule has 0 aromatic heterocycles. The van der Waals surface area contributed by atoms with Gasteiger partial charge < -0.3 is 15.3 Å². The molecule has 0 saturated carbocycles. The summed E-state index contributed by atoms with van der Waals surface area (Å²) in [6.45, 7) is 3.59. The van der Waals surface area contributed by atoms with E-state index >= 15 is 0 Å². The molecule has 0 unspecified atom stereocenters. The van der Waals surface area contributed by atoms with E-state index in [0.29, 0.717) is 5.56 Å². The lowest BCUT2D eigenvalue weighted by atomic mass is 10.2. The van der Waals surface area contributed by atoms with Crippen molar-refractivity contribution in [3.05, 3.63) is 84.1 Å². The summed E-state index contributed by atoms with van der Waals surface area (Å²) >= 11 is 0. The Morgan fingerprint density at radius 2 is 1.62 bits per heavy atom. The number of carbonyl (C=O) groups is 2. The Morgan fingerprint density at radius 1 is 1.04 bits per heavy atom. The third-order valence-electron chi connectivity index (χ3n) is 3.11. The first-order valence-electron chi connectivity index (χ1n) is 7.24. The molecule has 6 heteroatoms. The minimum absolute atomic E-state index is 0.0195. The van der Waals surface area contributed by atoms with Crippen LogP contribution in [0.4, 0.5) is 0 Å². The summed E-state index contributed by atoms with van der Waals surface area (Å²) in [7, 11) is 0. The van der Waals surface area contributed by atoms with Crippen LogP contribution in [0.5, 0.6) is 0 Å². The normalized spacial score (nSPS) is 11.3. The van der Waals surface area contributed by atoms with Crippen molar-refractivity contribution >= 4 is 11.9 Å². The summed E-state index contributed by atoms with van der Waals surface area (Å²) in [5.41, 5.74) is 9.03. The van der Waals surface area contributed by atoms with E-state index in [1.54, 1.807) is 30.3 Å². The fourth-order valence-corrected chi connectivity index (χ4v) is 1.83. The molecule has 2 rings (SSSR count). The van der Waals surface area contributed by atoms with Crippen molar-refractivity contribution < 1.29 is 19.2 Å². The molecule has 0 saturated heterocycles. The second-order valence-electron chi connectivity index (χ2n) is 4.97. The maximum absolute atomic E-state index is 12.1. The van der Waals surface area contributed by atoms with Crippen molar-refractivity contribution in [2.24, 2.45) is 5.73 Å². The van der Waals surface area contributed by atoms with Crippen LogP contribution in [0.3, 0.4) is 0 Å². The highest BCUT2D eigenvalue weighted by Crippen LogP contribution is 2.05. The number of nitrogens with one attached hydrogen (secondary N) is 1. The lowest BCUT2D eigenvalue weighted by molar-refractivity contribution is -0.149. The van der Waals surface area contributed by atoms with Crippen LogP contribution in [0, 0.1) is 0 Å². The number of hydrogen-bond acceptors (Lipinski definition) is 6. The molecule has 2 aromatic rings. The van der Waals surface area contributed by atoms with Gasteiger partial charge >= 0.3 is 11.9 Å². The van der Waals surface area contributed by atoms with Crippen molar-refractivity contribution in [1.29, 1.82) is 0 Å². The molecular weight excluding hydrogens is 308 g/mol. The molecule has 0 aliphatic rings. The average molecular weight is 326 g/mol. The first kappa shape index (κ1) is 17.2. The Kier molecular flexibility index (Phi) is 6.10. The largest absolute Gasteiger partial charge is 0.459 e. The Labute approximate surface area is 139 Å². The van der Waals surface area contributed by atoms with E-state index in [2.05, 4.69) is 12.1 Å². The lowest BCUT2D eigenvalue weighted by Gasteiger charge is -2.16. The van der Waals surface area contributed by atoms with Crippen molar-refractivity contribution in [2.75, 3.05) is 0 Å². The maximum atomic E-state index is 12.1. The molecule has 1 atom stereocenters. The van der Waals surface area contributed by atoms with E-state index in [9.17, 15) is 9.59 Å². The molecule has 24 heavy (non-hydrogen) atoms. The van der Waals surface area contributed by atoms with Gasteiger partial charge in [-0.1, -0.05) is 55.1 Å². The predicted molar refractivity (Wildman–Crippen MR) is 88.3 cm³/mol. The lowest BCUT2D eigenvalue weighted by Crippen LogP contribution is -2.42. The molecule has 0 heterocycles. The second-order valence-corrected chi connectivity index (χ2v) is 4.97. The van der Waals surface area contributed by atoms with E-state index in [-0.39, 0.29) is 12.3 Å². The van der Waals surface area contributed by atoms with Crippen molar-refractivity contribution in [1.82, 2.24) is 5.48 Å². The number of nitrogens with two attached hydrogens (primary N) is 1. The quantitative estimate of drug-likeness (QED) is 0.597. The minimum Gasteiger partial charge on any atom is -0.459 e. The highest BCUT2D eigenvalue weighted by Gasteiger charge is 2.24. The molecular formula is C18H18N2O4. The Morgan fingerprint density at radius 3 is 2.21 bits per heavy atom. The van der Waals surface area contributed by atoms with Gasteiger partial charge in [0, 0.05) is 5.70 Å². The molecule has 0 aliphatic heterocycles. The molecule has 3 N–H and O–H groups in total. The molecule has 0 fully saturated rings. The highest BCUT2D eigenvalue weighted by molar-refractivity contribution is 5.89. The van der Waals surface area contributed by atoms with Gasteiger partial charge in [-0.3, -0.25) is 0 Å². The number of hydrogen-bond donors (Lipinski definition) is 2. The van der Waals surface area contributed by atoms with Crippen LogP contribution >= 0.6 is 0 Å². The van der Waals surface area contributed by atoms with Gasteiger partial charge in [-0.05, 0) is 17.7 Å². The van der Waals surface area contributed by atoms with Gasteiger partial charge in [0.05, 0.1) is 5.56 Å². The zero-order valence-electron chi connectivity index (χ0n) is 13.0. The number of esters is 1. The van der Waals surface area contributed by atoms with Gasteiger partial charge in [0.25, 0.3) is 0 Å². The Bertz CT molecular complexity index is 701. The van der Waals surface area contributed by atoms with E-state index in [1.165, 1.54) is 0 Å². The van der Waals surface area contributed by atoms with Crippen LogP contribution in [-0.4, -0.2) is 18.0 Å².